The van der Waals surface area contributed by atoms with Gasteiger partial charge < -0.3 is 9.84 Å². The molecule has 100 valence electrons. The number of carbonyl (C=O) groups is 1. The first-order valence-corrected chi connectivity index (χ1v) is 7.23. The quantitative estimate of drug-likeness (QED) is 0.839. The molecule has 5 heteroatoms. The van der Waals surface area contributed by atoms with Crippen molar-refractivity contribution in [2.75, 3.05) is 5.75 Å². The van der Waals surface area contributed by atoms with Gasteiger partial charge in [-0.1, -0.05) is 6.92 Å². The van der Waals surface area contributed by atoms with Crippen LogP contribution in [0.2, 0.25) is 0 Å². The van der Waals surface area contributed by atoms with Crippen LogP contribution in [0, 0.1) is 5.92 Å². The minimum absolute atomic E-state index is 0.0979. The van der Waals surface area contributed by atoms with Gasteiger partial charge in [0.05, 0.1) is 22.4 Å². The molecule has 1 fully saturated rings. The molecule has 17 heavy (non-hydrogen) atoms. The molecule has 1 aliphatic rings. The first kappa shape index (κ1) is 14.6. The summed E-state index contributed by atoms with van der Waals surface area (Å²) in [4.78, 5) is 10.8. The van der Waals surface area contributed by atoms with E-state index in [0.717, 1.165) is 0 Å². The Bertz CT molecular complexity index is 335. The highest BCUT2D eigenvalue weighted by molar-refractivity contribution is 7.85. The highest BCUT2D eigenvalue weighted by Crippen LogP contribution is 2.40. The van der Waals surface area contributed by atoms with Crippen LogP contribution in [0.3, 0.4) is 0 Å². The molecule has 0 aromatic carbocycles. The first-order valence-electron chi connectivity index (χ1n) is 5.85. The highest BCUT2D eigenvalue weighted by atomic mass is 32.2. The number of carboxylic acid groups (broad SMARTS) is 1. The normalized spacial score (nSPS) is 29.8. The lowest BCUT2D eigenvalue weighted by atomic mass is 10.0. The van der Waals surface area contributed by atoms with Crippen molar-refractivity contribution in [3.63, 3.8) is 0 Å². The van der Waals surface area contributed by atoms with Gasteiger partial charge in [-0.25, -0.2) is 0 Å². The minimum Gasteiger partial charge on any atom is -0.481 e. The van der Waals surface area contributed by atoms with E-state index in [1.807, 2.05) is 27.7 Å². The summed E-state index contributed by atoms with van der Waals surface area (Å²) in [5.74, 6) is -1.27. The van der Waals surface area contributed by atoms with Crippen molar-refractivity contribution >= 4 is 16.8 Å². The van der Waals surface area contributed by atoms with Crippen molar-refractivity contribution in [1.82, 2.24) is 0 Å². The second-order valence-corrected chi connectivity index (χ2v) is 7.61. The van der Waals surface area contributed by atoms with Crippen LogP contribution >= 0.6 is 0 Å². The lowest BCUT2D eigenvalue weighted by Crippen LogP contribution is -2.38. The van der Waals surface area contributed by atoms with E-state index in [1.54, 1.807) is 6.92 Å². The molecule has 0 bridgehead atoms. The summed E-state index contributed by atoms with van der Waals surface area (Å²) < 4.78 is 18.1. The van der Waals surface area contributed by atoms with Crippen LogP contribution in [0.25, 0.3) is 0 Å². The van der Waals surface area contributed by atoms with Crippen molar-refractivity contribution in [2.45, 2.75) is 57.5 Å². The van der Waals surface area contributed by atoms with E-state index in [0.29, 0.717) is 6.42 Å². The van der Waals surface area contributed by atoms with Crippen molar-refractivity contribution in [3.8, 4) is 0 Å². The Morgan fingerprint density at radius 3 is 2.35 bits per heavy atom. The number of aliphatic carboxylic acids is 1. The van der Waals surface area contributed by atoms with E-state index < -0.39 is 28.3 Å². The SMILES string of the molecule is CC(CS(=O)C1CC(C)(C)OC1(C)C)C(=O)O. The number of carboxylic acids is 1. The maximum absolute atomic E-state index is 12.2. The summed E-state index contributed by atoms with van der Waals surface area (Å²) in [5, 5.41) is 8.74. The summed E-state index contributed by atoms with van der Waals surface area (Å²) in [6, 6.07) is 0. The Balaban J connectivity index is 2.73. The molecule has 3 atom stereocenters. The van der Waals surface area contributed by atoms with Gasteiger partial charge in [-0.3, -0.25) is 9.00 Å². The van der Waals surface area contributed by atoms with Gasteiger partial charge in [0.1, 0.15) is 0 Å². The van der Waals surface area contributed by atoms with E-state index in [-0.39, 0.29) is 16.6 Å². The van der Waals surface area contributed by atoms with Crippen molar-refractivity contribution in [1.29, 1.82) is 0 Å². The second-order valence-electron chi connectivity index (χ2n) is 5.94. The smallest absolute Gasteiger partial charge is 0.307 e. The predicted molar refractivity (Wildman–Crippen MR) is 67.5 cm³/mol. The summed E-state index contributed by atoms with van der Waals surface area (Å²) in [6.07, 6.45) is 0.707. The first-order chi connectivity index (χ1) is 7.55. The van der Waals surface area contributed by atoms with Crippen LogP contribution in [0.15, 0.2) is 0 Å². The van der Waals surface area contributed by atoms with Crippen molar-refractivity contribution in [2.24, 2.45) is 5.92 Å². The van der Waals surface area contributed by atoms with Gasteiger partial charge >= 0.3 is 5.97 Å². The van der Waals surface area contributed by atoms with Crippen LogP contribution in [-0.2, 0) is 20.3 Å². The van der Waals surface area contributed by atoms with Gasteiger partial charge in [-0.2, -0.15) is 0 Å². The van der Waals surface area contributed by atoms with Crippen LogP contribution in [0.5, 0.6) is 0 Å². The summed E-state index contributed by atoms with van der Waals surface area (Å²) in [6.45, 7) is 9.40. The molecular weight excluding hydrogens is 240 g/mol. The molecule has 0 aromatic heterocycles. The molecule has 3 unspecified atom stereocenters. The van der Waals surface area contributed by atoms with Gasteiger partial charge in [0, 0.05) is 16.6 Å². The maximum Gasteiger partial charge on any atom is 0.307 e. The maximum atomic E-state index is 12.2. The molecule has 1 N–H and O–H groups in total. The van der Waals surface area contributed by atoms with Gasteiger partial charge in [-0.15, -0.1) is 0 Å². The van der Waals surface area contributed by atoms with E-state index in [2.05, 4.69) is 0 Å². The predicted octanol–water partition coefficient (Wildman–Crippen LogP) is 1.80. The summed E-state index contributed by atoms with van der Waals surface area (Å²) in [7, 11) is -1.17. The van der Waals surface area contributed by atoms with Crippen LogP contribution < -0.4 is 0 Å². The average Bonchev–Trinajstić information content (AvgIpc) is 2.33. The van der Waals surface area contributed by atoms with Crippen molar-refractivity contribution < 1.29 is 18.8 Å². The van der Waals surface area contributed by atoms with Gasteiger partial charge in [-0.05, 0) is 34.1 Å². The molecule has 4 nitrogen and oxygen atoms in total. The summed E-state index contributed by atoms with van der Waals surface area (Å²) >= 11 is 0. The molecule has 0 aromatic rings. The Morgan fingerprint density at radius 1 is 1.47 bits per heavy atom. The molecule has 1 heterocycles. The topological polar surface area (TPSA) is 63.6 Å². The number of ether oxygens (including phenoxy) is 1. The average molecular weight is 262 g/mol. The number of hydrogen-bond donors (Lipinski definition) is 1. The standard InChI is InChI=1S/C12H22O4S/c1-8(10(13)14)7-17(15)9-6-11(2,3)16-12(9,4)5/h8-9H,6-7H2,1-5H3,(H,13,14). The molecule has 0 aliphatic carbocycles. The third-order valence-corrected chi connectivity index (χ3v) is 5.34. The fourth-order valence-corrected chi connectivity index (χ4v) is 4.49. The van der Waals surface area contributed by atoms with Crippen LogP contribution in [0.4, 0.5) is 0 Å². The van der Waals surface area contributed by atoms with Crippen molar-refractivity contribution in [3.05, 3.63) is 0 Å². The third kappa shape index (κ3) is 3.52. The number of rotatable bonds is 4. The fraction of sp³-hybridized carbons (Fsp3) is 0.917. The lowest BCUT2D eigenvalue weighted by Gasteiger charge is -2.27. The molecule has 1 saturated heterocycles. The minimum atomic E-state index is -1.17. The Morgan fingerprint density at radius 2 is 2.00 bits per heavy atom. The molecule has 0 radical (unpaired) electrons. The molecule has 0 saturated carbocycles. The Hall–Kier alpha value is -0.420. The van der Waals surface area contributed by atoms with E-state index in [1.165, 1.54) is 0 Å². The van der Waals surface area contributed by atoms with E-state index in [9.17, 15) is 9.00 Å². The Labute approximate surface area is 105 Å². The highest BCUT2D eigenvalue weighted by Gasteiger charge is 2.48. The zero-order chi connectivity index (χ0) is 13.4. The Kier molecular flexibility index (Phi) is 4.04. The van der Waals surface area contributed by atoms with E-state index in [4.69, 9.17) is 9.84 Å². The van der Waals surface area contributed by atoms with Gasteiger partial charge in [0.15, 0.2) is 0 Å². The molecule has 1 aliphatic heterocycles. The van der Waals surface area contributed by atoms with Gasteiger partial charge in [0.25, 0.3) is 0 Å². The molecular formula is C12H22O4S. The lowest BCUT2D eigenvalue weighted by molar-refractivity contribution is -0.140. The molecule has 1 rings (SSSR count). The monoisotopic (exact) mass is 262 g/mol. The zero-order valence-corrected chi connectivity index (χ0v) is 12.0. The second kappa shape index (κ2) is 4.69. The van der Waals surface area contributed by atoms with Crippen LogP contribution in [0.1, 0.15) is 41.0 Å². The van der Waals surface area contributed by atoms with Crippen LogP contribution in [-0.4, -0.2) is 37.5 Å². The largest absolute Gasteiger partial charge is 0.481 e. The fourth-order valence-electron chi connectivity index (χ4n) is 2.36. The van der Waals surface area contributed by atoms with E-state index >= 15 is 0 Å². The summed E-state index contributed by atoms with van der Waals surface area (Å²) in [5.41, 5.74) is -0.733. The molecule has 0 amide bonds. The third-order valence-electron chi connectivity index (χ3n) is 3.14. The number of hydrogen-bond acceptors (Lipinski definition) is 3. The molecule has 0 spiro atoms. The zero-order valence-electron chi connectivity index (χ0n) is 11.1. The van der Waals surface area contributed by atoms with Gasteiger partial charge in [0.2, 0.25) is 0 Å².